The normalized spacial score (nSPS) is 14.2. The first-order valence-corrected chi connectivity index (χ1v) is 8.18. The van der Waals surface area contributed by atoms with Gasteiger partial charge in [0.1, 0.15) is 5.75 Å². The van der Waals surface area contributed by atoms with E-state index in [-0.39, 0.29) is 5.16 Å². The minimum Gasteiger partial charge on any atom is -0.508 e. The zero-order chi connectivity index (χ0) is 15.5. The average molecular weight is 299 g/mol. The fraction of sp³-hybridized carbons (Fsp3) is 0.278. The van der Waals surface area contributed by atoms with E-state index < -0.39 is 0 Å². The maximum absolute atomic E-state index is 10.2. The molecule has 2 aromatic carbocycles. The molecule has 0 bridgehead atoms. The summed E-state index contributed by atoms with van der Waals surface area (Å²) >= 11 is 0. The van der Waals surface area contributed by atoms with Crippen molar-refractivity contribution in [2.24, 2.45) is 0 Å². The Morgan fingerprint density at radius 2 is 1.95 bits per heavy atom. The first kappa shape index (κ1) is 15.7. The lowest BCUT2D eigenvalue weighted by Gasteiger charge is -2.30. The summed E-state index contributed by atoms with van der Waals surface area (Å²) in [7, 11) is 0.513. The maximum atomic E-state index is 10.2. The molecule has 0 saturated heterocycles. The van der Waals surface area contributed by atoms with Crippen molar-refractivity contribution in [2.75, 3.05) is 0 Å². The van der Waals surface area contributed by atoms with Crippen LogP contribution in [0.1, 0.15) is 37.0 Å². The molecule has 0 saturated carbocycles. The molecule has 110 valence electrons. The number of phenols is 1. The van der Waals surface area contributed by atoms with Crippen molar-refractivity contribution in [2.45, 2.75) is 32.3 Å². The molecule has 0 fully saturated rings. The van der Waals surface area contributed by atoms with Crippen LogP contribution >= 0.6 is 8.58 Å². The predicted octanol–water partition coefficient (Wildman–Crippen LogP) is 4.33. The summed E-state index contributed by atoms with van der Waals surface area (Å²) in [6.45, 7) is 6.38. The van der Waals surface area contributed by atoms with Gasteiger partial charge < -0.3 is 10.5 Å². The van der Waals surface area contributed by atoms with Crippen molar-refractivity contribution in [3.8, 4) is 5.75 Å². The highest BCUT2D eigenvalue weighted by atomic mass is 31.1. The van der Waals surface area contributed by atoms with Gasteiger partial charge in [0.2, 0.25) is 0 Å². The highest BCUT2D eigenvalue weighted by molar-refractivity contribution is 7.48. The van der Waals surface area contributed by atoms with Crippen molar-refractivity contribution in [1.29, 1.82) is 5.41 Å². The number of hydrogen-bond donors (Lipinski definition) is 2. The quantitative estimate of drug-likeness (QED) is 0.626. The topological polar surface area (TPSA) is 44.1 Å². The van der Waals surface area contributed by atoms with E-state index >= 15 is 0 Å². The van der Waals surface area contributed by atoms with Gasteiger partial charge in [0, 0.05) is 16.9 Å². The second-order valence-corrected chi connectivity index (χ2v) is 7.46. The SMILES string of the molecule is CCC(C)(Pc1ccc(C)cc1C=N)c1ccccc1O. The monoisotopic (exact) mass is 299 g/mol. The Bertz CT molecular complexity index is 653. The number of phenolic OH excluding ortho intramolecular Hbond substituents is 1. The summed E-state index contributed by atoms with van der Waals surface area (Å²) < 4.78 is 0. The molecular weight excluding hydrogens is 277 g/mol. The summed E-state index contributed by atoms with van der Waals surface area (Å²) in [6, 6.07) is 13.8. The molecule has 0 aliphatic rings. The lowest BCUT2D eigenvalue weighted by atomic mass is 9.96. The summed E-state index contributed by atoms with van der Waals surface area (Å²) in [6.07, 6.45) is 2.37. The maximum Gasteiger partial charge on any atom is 0.119 e. The minimum atomic E-state index is -0.113. The Hall–Kier alpha value is -1.66. The Balaban J connectivity index is 2.44. The molecule has 0 amide bonds. The first-order valence-electron chi connectivity index (χ1n) is 7.18. The Morgan fingerprint density at radius 1 is 1.24 bits per heavy atom. The van der Waals surface area contributed by atoms with Gasteiger partial charge in [-0.1, -0.05) is 58.3 Å². The third-order valence-electron chi connectivity index (χ3n) is 3.98. The Kier molecular flexibility index (Phi) is 4.80. The van der Waals surface area contributed by atoms with Gasteiger partial charge in [0.05, 0.1) is 0 Å². The molecule has 2 N–H and O–H groups in total. The highest BCUT2D eigenvalue weighted by Crippen LogP contribution is 2.47. The van der Waals surface area contributed by atoms with Crippen LogP contribution in [0.4, 0.5) is 0 Å². The van der Waals surface area contributed by atoms with Crippen molar-refractivity contribution in [3.63, 3.8) is 0 Å². The van der Waals surface area contributed by atoms with Crippen molar-refractivity contribution in [3.05, 3.63) is 59.2 Å². The summed E-state index contributed by atoms with van der Waals surface area (Å²) in [5, 5.41) is 18.9. The van der Waals surface area contributed by atoms with E-state index in [1.807, 2.05) is 25.1 Å². The summed E-state index contributed by atoms with van der Waals surface area (Å²) in [4.78, 5) is 0. The van der Waals surface area contributed by atoms with Gasteiger partial charge in [-0.2, -0.15) is 0 Å². The van der Waals surface area contributed by atoms with Gasteiger partial charge in [-0.05, 0) is 36.3 Å². The lowest BCUT2D eigenvalue weighted by Crippen LogP contribution is -2.20. The molecule has 0 aliphatic carbocycles. The van der Waals surface area contributed by atoms with Gasteiger partial charge in [-0.15, -0.1) is 0 Å². The van der Waals surface area contributed by atoms with Crippen LogP contribution in [-0.2, 0) is 5.16 Å². The van der Waals surface area contributed by atoms with Crippen LogP contribution in [0.15, 0.2) is 42.5 Å². The highest BCUT2D eigenvalue weighted by Gasteiger charge is 2.28. The number of nitrogens with one attached hydrogen (secondary N) is 1. The van der Waals surface area contributed by atoms with E-state index in [0.717, 1.165) is 17.5 Å². The van der Waals surface area contributed by atoms with Crippen LogP contribution < -0.4 is 5.30 Å². The fourth-order valence-corrected chi connectivity index (χ4v) is 4.07. The van der Waals surface area contributed by atoms with E-state index in [9.17, 15) is 5.11 Å². The van der Waals surface area contributed by atoms with E-state index in [1.165, 1.54) is 17.1 Å². The van der Waals surface area contributed by atoms with E-state index in [1.54, 1.807) is 6.07 Å². The molecular formula is C18H22NOP. The van der Waals surface area contributed by atoms with Gasteiger partial charge >= 0.3 is 0 Å². The van der Waals surface area contributed by atoms with Crippen molar-refractivity contribution in [1.82, 2.24) is 0 Å². The summed E-state index contributed by atoms with van der Waals surface area (Å²) in [5.74, 6) is 0.359. The number of hydrogen-bond acceptors (Lipinski definition) is 2. The van der Waals surface area contributed by atoms with Crippen molar-refractivity contribution < 1.29 is 5.11 Å². The van der Waals surface area contributed by atoms with Crippen LogP contribution in [0.3, 0.4) is 0 Å². The zero-order valence-electron chi connectivity index (χ0n) is 12.8. The number of rotatable bonds is 5. The second-order valence-electron chi connectivity index (χ2n) is 5.56. The number of aromatic hydroxyl groups is 1. The Labute approximate surface area is 128 Å². The van der Waals surface area contributed by atoms with E-state index in [0.29, 0.717) is 14.3 Å². The minimum absolute atomic E-state index is 0.113. The van der Waals surface area contributed by atoms with Crippen LogP contribution in [0.5, 0.6) is 5.75 Å². The third kappa shape index (κ3) is 3.33. The fourth-order valence-electron chi connectivity index (χ4n) is 2.50. The molecule has 0 aliphatic heterocycles. The zero-order valence-corrected chi connectivity index (χ0v) is 13.8. The van der Waals surface area contributed by atoms with Crippen LogP contribution in [-0.4, -0.2) is 11.3 Å². The molecule has 0 spiro atoms. The Morgan fingerprint density at radius 3 is 2.57 bits per heavy atom. The van der Waals surface area contributed by atoms with Gasteiger partial charge in [0.25, 0.3) is 0 Å². The predicted molar refractivity (Wildman–Crippen MR) is 92.8 cm³/mol. The van der Waals surface area contributed by atoms with E-state index in [4.69, 9.17) is 5.41 Å². The standard InChI is InChI=1S/C18H22NOP/c1-4-18(3,15-7-5-6-8-16(15)20)21-17-10-9-13(2)11-14(17)12-19/h5-12,19-21H,4H2,1-3H3. The molecule has 0 radical (unpaired) electrons. The molecule has 0 aromatic heterocycles. The van der Waals surface area contributed by atoms with E-state index in [2.05, 4.69) is 32.0 Å². The molecule has 2 atom stereocenters. The smallest absolute Gasteiger partial charge is 0.119 e. The molecule has 3 heteroatoms. The number of benzene rings is 2. The van der Waals surface area contributed by atoms with Crippen LogP contribution in [0.2, 0.25) is 0 Å². The van der Waals surface area contributed by atoms with Crippen LogP contribution in [0.25, 0.3) is 0 Å². The second kappa shape index (κ2) is 6.41. The lowest BCUT2D eigenvalue weighted by molar-refractivity contribution is 0.457. The average Bonchev–Trinajstić information content (AvgIpc) is 2.49. The molecule has 2 unspecified atom stereocenters. The molecule has 2 nitrogen and oxygen atoms in total. The van der Waals surface area contributed by atoms with Gasteiger partial charge in [-0.25, -0.2) is 0 Å². The molecule has 0 heterocycles. The molecule has 21 heavy (non-hydrogen) atoms. The van der Waals surface area contributed by atoms with Crippen molar-refractivity contribution >= 4 is 20.1 Å². The number of para-hydroxylation sites is 1. The van der Waals surface area contributed by atoms with Gasteiger partial charge in [-0.3, -0.25) is 0 Å². The number of aryl methyl sites for hydroxylation is 1. The molecule has 2 aromatic rings. The van der Waals surface area contributed by atoms with Crippen LogP contribution in [0, 0.1) is 12.3 Å². The molecule has 2 rings (SSSR count). The third-order valence-corrected chi connectivity index (χ3v) is 5.88. The first-order chi connectivity index (χ1) is 10.00. The largest absolute Gasteiger partial charge is 0.508 e. The summed E-state index contributed by atoms with van der Waals surface area (Å²) in [5.41, 5.74) is 3.13. The van der Waals surface area contributed by atoms with Gasteiger partial charge in [0.15, 0.2) is 0 Å².